The lowest BCUT2D eigenvalue weighted by Gasteiger charge is -2.02. The summed E-state index contributed by atoms with van der Waals surface area (Å²) in [5.41, 5.74) is 0.413. The monoisotopic (exact) mass is 260 g/mol. The zero-order valence-corrected chi connectivity index (χ0v) is 10.1. The van der Waals surface area contributed by atoms with Crippen molar-refractivity contribution >= 4 is 5.78 Å². The van der Waals surface area contributed by atoms with Gasteiger partial charge in [-0.25, -0.2) is 4.39 Å². The Balaban J connectivity index is 3.05. The Morgan fingerprint density at radius 2 is 1.84 bits per heavy atom. The molecule has 0 heterocycles. The summed E-state index contributed by atoms with van der Waals surface area (Å²) in [5, 5.41) is 18.5. The molecule has 3 nitrogen and oxygen atoms in total. The van der Waals surface area contributed by atoms with E-state index in [-0.39, 0.29) is 5.56 Å². The van der Waals surface area contributed by atoms with Gasteiger partial charge in [0.15, 0.2) is 17.3 Å². The molecule has 98 valence electrons. The molecule has 2 N–H and O–H groups in total. The molecule has 1 rings (SSSR count). The molecule has 0 aromatic heterocycles. The maximum atomic E-state index is 13.1. The number of aromatic hydroxyl groups is 2. The summed E-state index contributed by atoms with van der Waals surface area (Å²) in [5.74, 6) is -2.76. The predicted molar refractivity (Wildman–Crippen MR) is 71.7 cm³/mol. The van der Waals surface area contributed by atoms with E-state index in [4.69, 9.17) is 5.11 Å². The van der Waals surface area contributed by atoms with E-state index >= 15 is 0 Å². The first-order valence-corrected chi connectivity index (χ1v) is 5.38. The van der Waals surface area contributed by atoms with Crippen LogP contribution in [0.3, 0.4) is 0 Å². The van der Waals surface area contributed by atoms with Crippen molar-refractivity contribution in [3.63, 3.8) is 0 Å². The molecule has 0 atom stereocenters. The Labute approximate surface area is 110 Å². The number of benzene rings is 1. The molecule has 0 unspecified atom stereocenters. The fourth-order valence-electron chi connectivity index (χ4n) is 1.34. The molecule has 0 radical (unpaired) electrons. The summed E-state index contributed by atoms with van der Waals surface area (Å²) in [7, 11) is 0. The van der Waals surface area contributed by atoms with Gasteiger partial charge in [0.25, 0.3) is 0 Å². The van der Waals surface area contributed by atoms with Crippen LogP contribution in [0.1, 0.15) is 10.4 Å². The molecule has 4 heteroatoms. The smallest absolute Gasteiger partial charge is 0.189 e. The zero-order valence-electron chi connectivity index (χ0n) is 10.1. The van der Waals surface area contributed by atoms with Gasteiger partial charge in [0.05, 0.1) is 5.56 Å². The van der Waals surface area contributed by atoms with Crippen LogP contribution in [0.2, 0.25) is 0 Å². The van der Waals surface area contributed by atoms with Crippen molar-refractivity contribution in [1.82, 2.24) is 0 Å². The first-order chi connectivity index (χ1) is 8.99. The lowest BCUT2D eigenvalue weighted by molar-refractivity contribution is 0.104. The lowest BCUT2D eigenvalue weighted by atomic mass is 10.1. The molecule has 0 aliphatic carbocycles. The molecule has 1 aromatic rings. The molecule has 0 spiro atoms. The van der Waals surface area contributed by atoms with Crippen LogP contribution in [-0.2, 0) is 0 Å². The molecule has 1 aromatic carbocycles. The number of phenols is 2. The molecular weight excluding hydrogens is 247 g/mol. The summed E-state index contributed by atoms with van der Waals surface area (Å²) in [6.07, 6.45) is 7.31. The van der Waals surface area contributed by atoms with Gasteiger partial charge in [-0.3, -0.25) is 4.79 Å². The Hall–Kier alpha value is -2.62. The highest BCUT2D eigenvalue weighted by Crippen LogP contribution is 2.26. The second kappa shape index (κ2) is 6.35. The van der Waals surface area contributed by atoms with Gasteiger partial charge in [-0.15, -0.1) is 0 Å². The number of allylic oxidation sites excluding steroid dienone is 6. The summed E-state index contributed by atoms with van der Waals surface area (Å²) < 4.78 is 13.1. The van der Waals surface area contributed by atoms with Crippen LogP contribution in [0.25, 0.3) is 0 Å². The molecule has 0 saturated heterocycles. The van der Waals surface area contributed by atoms with Crippen LogP contribution >= 0.6 is 0 Å². The largest absolute Gasteiger partial charge is 0.507 e. The third kappa shape index (κ3) is 3.67. The normalized spacial score (nSPS) is 11.5. The standard InChI is InChI=1S/C15H13FO3/c1-3-5-10(4-2)6-7-13(17)11-8-12(16)15(19)9-14(11)18/h3-9,18-19H,1-2H2/b7-6+,10-5+. The van der Waals surface area contributed by atoms with E-state index in [0.29, 0.717) is 5.57 Å². The summed E-state index contributed by atoms with van der Waals surface area (Å²) >= 11 is 0. The zero-order chi connectivity index (χ0) is 14.4. The SMILES string of the molecule is C=C/C=C(C=C)/C=C/C(=O)c1cc(F)c(O)cc1O. The van der Waals surface area contributed by atoms with Crippen molar-refractivity contribution in [2.45, 2.75) is 0 Å². The molecule has 19 heavy (non-hydrogen) atoms. The van der Waals surface area contributed by atoms with Gasteiger partial charge in [-0.05, 0) is 17.7 Å². The van der Waals surface area contributed by atoms with Crippen LogP contribution in [0.15, 0.2) is 61.2 Å². The number of hydrogen-bond donors (Lipinski definition) is 2. The molecule has 0 bridgehead atoms. The number of carbonyl (C=O) groups is 1. The minimum absolute atomic E-state index is 0.228. The van der Waals surface area contributed by atoms with E-state index in [0.717, 1.165) is 12.1 Å². The van der Waals surface area contributed by atoms with Crippen molar-refractivity contribution < 1.29 is 19.4 Å². The highest BCUT2D eigenvalue weighted by Gasteiger charge is 2.13. The fourth-order valence-corrected chi connectivity index (χ4v) is 1.34. The van der Waals surface area contributed by atoms with Crippen LogP contribution in [0, 0.1) is 5.82 Å². The van der Waals surface area contributed by atoms with E-state index in [1.54, 1.807) is 6.08 Å². The van der Waals surface area contributed by atoms with Gasteiger partial charge in [-0.1, -0.05) is 37.5 Å². The summed E-state index contributed by atoms with van der Waals surface area (Å²) in [6, 6.07) is 1.56. The highest BCUT2D eigenvalue weighted by atomic mass is 19.1. The average molecular weight is 260 g/mol. The van der Waals surface area contributed by atoms with Gasteiger partial charge < -0.3 is 10.2 Å². The second-order valence-corrected chi connectivity index (χ2v) is 3.62. The van der Waals surface area contributed by atoms with Gasteiger partial charge in [-0.2, -0.15) is 0 Å². The van der Waals surface area contributed by atoms with Crippen molar-refractivity contribution in [2.75, 3.05) is 0 Å². The third-order valence-corrected chi connectivity index (χ3v) is 2.30. The number of hydrogen-bond acceptors (Lipinski definition) is 3. The fraction of sp³-hybridized carbons (Fsp3) is 0. The summed E-state index contributed by atoms with van der Waals surface area (Å²) in [6.45, 7) is 7.06. The Bertz CT molecular complexity index is 583. The van der Waals surface area contributed by atoms with Crippen LogP contribution in [-0.4, -0.2) is 16.0 Å². The van der Waals surface area contributed by atoms with Crippen molar-refractivity contribution in [3.05, 3.63) is 72.6 Å². The Morgan fingerprint density at radius 3 is 2.42 bits per heavy atom. The predicted octanol–water partition coefficient (Wildman–Crippen LogP) is 3.27. The molecule has 0 saturated carbocycles. The number of phenolic OH excluding ortho intramolecular Hbond substituents is 2. The maximum Gasteiger partial charge on any atom is 0.189 e. The molecule has 0 aliphatic heterocycles. The van der Waals surface area contributed by atoms with Crippen LogP contribution in [0.5, 0.6) is 11.5 Å². The quantitative estimate of drug-likeness (QED) is 0.485. The first kappa shape index (κ1) is 14.4. The number of carbonyl (C=O) groups excluding carboxylic acids is 1. The summed E-state index contributed by atoms with van der Waals surface area (Å²) in [4.78, 5) is 11.8. The van der Waals surface area contributed by atoms with Crippen LogP contribution in [0.4, 0.5) is 4.39 Å². The van der Waals surface area contributed by atoms with Gasteiger partial charge >= 0.3 is 0 Å². The van der Waals surface area contributed by atoms with Gasteiger partial charge in [0.1, 0.15) is 5.75 Å². The van der Waals surface area contributed by atoms with E-state index in [1.165, 1.54) is 24.3 Å². The Morgan fingerprint density at radius 1 is 1.16 bits per heavy atom. The maximum absolute atomic E-state index is 13.1. The van der Waals surface area contributed by atoms with Crippen molar-refractivity contribution in [1.29, 1.82) is 0 Å². The van der Waals surface area contributed by atoms with Gasteiger partial charge in [0.2, 0.25) is 0 Å². The molecular formula is C15H13FO3. The van der Waals surface area contributed by atoms with Gasteiger partial charge in [0, 0.05) is 6.07 Å². The molecule has 0 fully saturated rings. The average Bonchev–Trinajstić information content (AvgIpc) is 2.38. The van der Waals surface area contributed by atoms with E-state index in [1.807, 2.05) is 0 Å². The second-order valence-electron chi connectivity index (χ2n) is 3.62. The van der Waals surface area contributed by atoms with E-state index in [9.17, 15) is 14.3 Å². The number of ketones is 1. The molecule has 0 amide bonds. The minimum atomic E-state index is -0.972. The molecule has 0 aliphatic rings. The van der Waals surface area contributed by atoms with E-state index < -0.39 is 23.1 Å². The highest BCUT2D eigenvalue weighted by molar-refractivity contribution is 6.06. The lowest BCUT2D eigenvalue weighted by Crippen LogP contribution is -1.96. The topological polar surface area (TPSA) is 57.5 Å². The number of rotatable bonds is 5. The number of halogens is 1. The third-order valence-electron chi connectivity index (χ3n) is 2.30. The van der Waals surface area contributed by atoms with Crippen molar-refractivity contribution in [3.8, 4) is 11.5 Å². The first-order valence-electron chi connectivity index (χ1n) is 5.38. The van der Waals surface area contributed by atoms with Crippen LogP contribution < -0.4 is 0 Å². The Kier molecular flexibility index (Phi) is 4.83. The van der Waals surface area contributed by atoms with E-state index in [2.05, 4.69) is 13.2 Å². The minimum Gasteiger partial charge on any atom is -0.507 e. The van der Waals surface area contributed by atoms with Crippen molar-refractivity contribution in [2.24, 2.45) is 0 Å².